The van der Waals surface area contributed by atoms with E-state index in [-0.39, 0.29) is 11.6 Å². The molecule has 58 valence electrons. The summed E-state index contributed by atoms with van der Waals surface area (Å²) in [5.74, 6) is 0.346. The van der Waals surface area contributed by atoms with E-state index in [0.717, 1.165) is 6.29 Å². The first-order valence-electron chi connectivity index (χ1n) is 3.11. The summed E-state index contributed by atoms with van der Waals surface area (Å²) < 4.78 is 0. The van der Waals surface area contributed by atoms with Gasteiger partial charge in [0.05, 0.1) is 5.88 Å². The van der Waals surface area contributed by atoms with Crippen molar-refractivity contribution in [1.29, 1.82) is 0 Å². The zero-order valence-corrected chi connectivity index (χ0v) is 6.51. The van der Waals surface area contributed by atoms with Gasteiger partial charge in [-0.3, -0.25) is 4.79 Å². The predicted molar refractivity (Wildman–Crippen MR) is 43.1 cm³/mol. The number of aromatic hydroxyl groups is 1. The van der Waals surface area contributed by atoms with Gasteiger partial charge < -0.3 is 5.11 Å². The summed E-state index contributed by atoms with van der Waals surface area (Å²) in [6, 6.07) is 4.56. The number of phenolic OH excluding ortho intramolecular Hbond substituents is 1. The molecule has 3 heteroatoms. The first-order chi connectivity index (χ1) is 5.27. The molecule has 2 nitrogen and oxygen atoms in total. The monoisotopic (exact) mass is 170 g/mol. The molecule has 0 aromatic heterocycles. The Bertz CT molecular complexity index is 271. The van der Waals surface area contributed by atoms with E-state index in [9.17, 15) is 4.79 Å². The number of hydrogen-bond donors (Lipinski definition) is 1. The van der Waals surface area contributed by atoms with Crippen molar-refractivity contribution in [3.63, 3.8) is 0 Å². The maximum absolute atomic E-state index is 10.3. The normalized spacial score (nSPS) is 9.55. The Morgan fingerprint density at radius 3 is 2.82 bits per heavy atom. The second kappa shape index (κ2) is 3.39. The van der Waals surface area contributed by atoms with E-state index in [1.165, 1.54) is 6.07 Å². The highest BCUT2D eigenvalue weighted by atomic mass is 35.5. The highest BCUT2D eigenvalue weighted by Crippen LogP contribution is 2.19. The Morgan fingerprint density at radius 2 is 2.27 bits per heavy atom. The third-order valence-electron chi connectivity index (χ3n) is 1.38. The van der Waals surface area contributed by atoms with E-state index in [1.807, 2.05) is 0 Å². The van der Waals surface area contributed by atoms with Crippen molar-refractivity contribution in [3.05, 3.63) is 29.3 Å². The van der Waals surface area contributed by atoms with Crippen molar-refractivity contribution in [2.45, 2.75) is 5.88 Å². The van der Waals surface area contributed by atoms with Gasteiger partial charge in [-0.1, -0.05) is 0 Å². The van der Waals surface area contributed by atoms with Crippen LogP contribution in [0.1, 0.15) is 15.9 Å². The van der Waals surface area contributed by atoms with E-state index < -0.39 is 0 Å². The average molecular weight is 171 g/mol. The lowest BCUT2D eigenvalue weighted by atomic mass is 10.1. The van der Waals surface area contributed by atoms with E-state index >= 15 is 0 Å². The first kappa shape index (κ1) is 8.08. The predicted octanol–water partition coefficient (Wildman–Crippen LogP) is 1.94. The van der Waals surface area contributed by atoms with Gasteiger partial charge in [0.1, 0.15) is 12.0 Å². The number of benzene rings is 1. The van der Waals surface area contributed by atoms with Gasteiger partial charge in [0.25, 0.3) is 0 Å². The number of alkyl halides is 1. The van der Waals surface area contributed by atoms with Crippen LogP contribution in [0.4, 0.5) is 0 Å². The highest BCUT2D eigenvalue weighted by Gasteiger charge is 1.99. The number of aldehydes is 1. The zero-order chi connectivity index (χ0) is 8.27. The number of halogens is 1. The maximum atomic E-state index is 10.3. The van der Waals surface area contributed by atoms with Crippen LogP contribution in [0, 0.1) is 0 Å². The van der Waals surface area contributed by atoms with Gasteiger partial charge in [-0.15, -0.1) is 11.6 Å². The quantitative estimate of drug-likeness (QED) is 0.544. The molecule has 1 aromatic rings. The van der Waals surface area contributed by atoms with Gasteiger partial charge in [-0.2, -0.15) is 0 Å². The van der Waals surface area contributed by atoms with Crippen molar-refractivity contribution in [3.8, 4) is 5.75 Å². The summed E-state index contributed by atoms with van der Waals surface area (Å²) in [4.78, 5) is 10.3. The Labute approximate surface area is 69.4 Å². The standard InChI is InChI=1S/C8H7ClO2/c9-4-7-3-6(5-10)1-2-8(7)11/h1-3,5,11H,4H2. The van der Waals surface area contributed by atoms with Crippen LogP contribution >= 0.6 is 11.6 Å². The molecule has 0 radical (unpaired) electrons. The molecule has 0 spiro atoms. The topological polar surface area (TPSA) is 37.3 Å². The number of carbonyl (C=O) groups is 1. The lowest BCUT2D eigenvalue weighted by Crippen LogP contribution is -1.84. The second-order valence-corrected chi connectivity index (χ2v) is 2.41. The molecule has 1 rings (SSSR count). The van der Waals surface area contributed by atoms with E-state index in [2.05, 4.69) is 0 Å². The molecule has 11 heavy (non-hydrogen) atoms. The highest BCUT2D eigenvalue weighted by molar-refractivity contribution is 6.17. The van der Waals surface area contributed by atoms with Crippen molar-refractivity contribution in [2.75, 3.05) is 0 Å². The summed E-state index contributed by atoms with van der Waals surface area (Å²) >= 11 is 5.49. The Balaban J connectivity index is 3.12. The lowest BCUT2D eigenvalue weighted by molar-refractivity contribution is 0.112. The summed E-state index contributed by atoms with van der Waals surface area (Å²) in [7, 11) is 0. The van der Waals surface area contributed by atoms with Crippen LogP contribution < -0.4 is 0 Å². The molecular formula is C8H7ClO2. The van der Waals surface area contributed by atoms with Crippen LogP contribution in [0.5, 0.6) is 5.75 Å². The number of rotatable bonds is 2. The molecular weight excluding hydrogens is 164 g/mol. The Kier molecular flexibility index (Phi) is 2.49. The minimum atomic E-state index is 0.130. The lowest BCUT2D eigenvalue weighted by Gasteiger charge is -1.99. The minimum Gasteiger partial charge on any atom is -0.508 e. The molecule has 0 bridgehead atoms. The third-order valence-corrected chi connectivity index (χ3v) is 1.67. The summed E-state index contributed by atoms with van der Waals surface area (Å²) in [6.07, 6.45) is 0.718. The van der Waals surface area contributed by atoms with Crippen LogP contribution in [0.25, 0.3) is 0 Å². The smallest absolute Gasteiger partial charge is 0.150 e. The fourth-order valence-electron chi connectivity index (χ4n) is 0.786. The molecule has 0 saturated carbocycles. The maximum Gasteiger partial charge on any atom is 0.150 e. The van der Waals surface area contributed by atoms with Crippen molar-refractivity contribution in [1.82, 2.24) is 0 Å². The SMILES string of the molecule is O=Cc1ccc(O)c(CCl)c1. The molecule has 0 heterocycles. The van der Waals surface area contributed by atoms with Gasteiger partial charge >= 0.3 is 0 Å². The molecule has 0 atom stereocenters. The minimum absolute atomic E-state index is 0.130. The summed E-state index contributed by atoms with van der Waals surface area (Å²) in [6.45, 7) is 0. The van der Waals surface area contributed by atoms with Crippen molar-refractivity contribution >= 4 is 17.9 Å². The molecule has 0 aliphatic carbocycles. The van der Waals surface area contributed by atoms with Gasteiger partial charge in [-0.25, -0.2) is 0 Å². The van der Waals surface area contributed by atoms with Crippen LogP contribution in [-0.4, -0.2) is 11.4 Å². The Hall–Kier alpha value is -1.02. The second-order valence-electron chi connectivity index (χ2n) is 2.14. The number of phenols is 1. The van der Waals surface area contributed by atoms with Crippen LogP contribution in [0.15, 0.2) is 18.2 Å². The molecule has 1 N–H and O–H groups in total. The molecule has 0 fully saturated rings. The summed E-state index contributed by atoms with van der Waals surface area (Å²) in [5, 5.41) is 9.13. The molecule has 0 amide bonds. The molecule has 1 aromatic carbocycles. The molecule has 0 saturated heterocycles. The summed E-state index contributed by atoms with van der Waals surface area (Å²) in [5.41, 5.74) is 1.11. The third kappa shape index (κ3) is 1.71. The Morgan fingerprint density at radius 1 is 1.55 bits per heavy atom. The number of hydrogen-bond acceptors (Lipinski definition) is 2. The molecule has 0 aliphatic rings. The van der Waals surface area contributed by atoms with Crippen LogP contribution in [0.2, 0.25) is 0 Å². The van der Waals surface area contributed by atoms with Crippen molar-refractivity contribution in [2.24, 2.45) is 0 Å². The van der Waals surface area contributed by atoms with Gasteiger partial charge in [0, 0.05) is 11.1 Å². The largest absolute Gasteiger partial charge is 0.508 e. The van der Waals surface area contributed by atoms with Crippen LogP contribution in [-0.2, 0) is 5.88 Å². The van der Waals surface area contributed by atoms with Gasteiger partial charge in [-0.05, 0) is 18.2 Å². The van der Waals surface area contributed by atoms with E-state index in [0.29, 0.717) is 11.1 Å². The van der Waals surface area contributed by atoms with Gasteiger partial charge in [0.15, 0.2) is 0 Å². The van der Waals surface area contributed by atoms with Crippen molar-refractivity contribution < 1.29 is 9.90 Å². The number of carbonyl (C=O) groups excluding carboxylic acids is 1. The molecule has 0 unspecified atom stereocenters. The average Bonchev–Trinajstić information content (AvgIpc) is 2.05. The first-order valence-corrected chi connectivity index (χ1v) is 3.64. The fourth-order valence-corrected chi connectivity index (χ4v) is 1.000. The van der Waals surface area contributed by atoms with E-state index in [4.69, 9.17) is 16.7 Å². The van der Waals surface area contributed by atoms with E-state index in [1.54, 1.807) is 12.1 Å². The van der Waals surface area contributed by atoms with Crippen LogP contribution in [0.3, 0.4) is 0 Å². The fraction of sp³-hybridized carbons (Fsp3) is 0.125. The molecule has 0 aliphatic heterocycles. The van der Waals surface area contributed by atoms with Gasteiger partial charge in [0.2, 0.25) is 0 Å². The zero-order valence-electron chi connectivity index (χ0n) is 5.75.